The van der Waals surface area contributed by atoms with Gasteiger partial charge in [-0.1, -0.05) is 18.2 Å². The van der Waals surface area contributed by atoms with Gasteiger partial charge in [-0.25, -0.2) is 0 Å². The molecule has 0 fully saturated rings. The Hall–Kier alpha value is -3.84. The molecule has 168 valence electrons. The van der Waals surface area contributed by atoms with E-state index in [9.17, 15) is 4.79 Å². The highest BCUT2D eigenvalue weighted by molar-refractivity contribution is 5.83. The average molecular weight is 444 g/mol. The first kappa shape index (κ1) is 21.0. The summed E-state index contributed by atoms with van der Waals surface area (Å²) in [6.07, 6.45) is 3.59. The minimum atomic E-state index is -0.229. The van der Waals surface area contributed by atoms with Crippen molar-refractivity contribution in [2.75, 3.05) is 13.3 Å². The normalized spacial score (nSPS) is 13.4. The summed E-state index contributed by atoms with van der Waals surface area (Å²) in [6.45, 7) is 5.85. The third-order valence-electron chi connectivity index (χ3n) is 5.52. The minimum absolute atomic E-state index is 0.151. The average Bonchev–Trinajstić information content (AvgIpc) is 2.83. The van der Waals surface area contributed by atoms with Gasteiger partial charge < -0.3 is 18.6 Å². The summed E-state index contributed by atoms with van der Waals surface area (Å²) in [5.74, 6) is 2.32. The molecule has 0 unspecified atom stereocenters. The monoisotopic (exact) mass is 444 g/mol. The molecule has 0 saturated heterocycles. The van der Waals surface area contributed by atoms with Crippen LogP contribution in [0, 0.1) is 6.92 Å². The molecule has 0 atom stereocenters. The molecule has 33 heavy (non-hydrogen) atoms. The zero-order valence-electron chi connectivity index (χ0n) is 18.5. The zero-order chi connectivity index (χ0) is 22.8. The van der Waals surface area contributed by atoms with Gasteiger partial charge in [-0.15, -0.1) is 0 Å². The number of aromatic nitrogens is 1. The molecule has 1 aliphatic heterocycles. The first-order valence-corrected chi connectivity index (χ1v) is 10.9. The highest BCUT2D eigenvalue weighted by Crippen LogP contribution is 2.36. The molecular formula is C26H24N2O5. The van der Waals surface area contributed by atoms with E-state index in [1.54, 1.807) is 31.3 Å². The summed E-state index contributed by atoms with van der Waals surface area (Å²) >= 11 is 0. The van der Waals surface area contributed by atoms with Crippen LogP contribution in [-0.4, -0.2) is 23.2 Å². The topological polar surface area (TPSA) is 74.0 Å². The number of pyridine rings is 1. The maximum Gasteiger partial charge on any atom is 0.235 e. The van der Waals surface area contributed by atoms with Gasteiger partial charge in [0, 0.05) is 25.5 Å². The van der Waals surface area contributed by atoms with E-state index in [-0.39, 0.29) is 11.2 Å². The first-order valence-electron chi connectivity index (χ1n) is 10.9. The maximum absolute atomic E-state index is 13.4. The second kappa shape index (κ2) is 8.96. The van der Waals surface area contributed by atoms with E-state index >= 15 is 0 Å². The van der Waals surface area contributed by atoms with Gasteiger partial charge in [0.05, 0.1) is 17.6 Å². The van der Waals surface area contributed by atoms with Gasteiger partial charge in [-0.3, -0.25) is 14.7 Å². The standard InChI is InChI=1S/C26H24N2O5/c1-3-30-22-8-4-5-9-23(22)33-25-17(2)32-26-19(24(25)29)10-11-21-20(26)15-28(16-31-21)14-18-7-6-12-27-13-18/h4-13H,3,14-16H2,1-2H3. The number of para-hydroxylation sites is 2. The van der Waals surface area contributed by atoms with Gasteiger partial charge in [-0.2, -0.15) is 0 Å². The van der Waals surface area contributed by atoms with Gasteiger partial charge in [0.25, 0.3) is 0 Å². The predicted octanol–water partition coefficient (Wildman–Crippen LogP) is 5.04. The van der Waals surface area contributed by atoms with E-state index in [2.05, 4.69) is 9.88 Å². The van der Waals surface area contributed by atoms with Crippen LogP contribution in [0.15, 0.2) is 70.1 Å². The molecule has 0 radical (unpaired) electrons. The van der Waals surface area contributed by atoms with Gasteiger partial charge in [0.2, 0.25) is 11.2 Å². The lowest BCUT2D eigenvalue weighted by atomic mass is 10.1. The molecule has 0 spiro atoms. The molecule has 3 heterocycles. The van der Waals surface area contributed by atoms with Crippen molar-refractivity contribution in [2.45, 2.75) is 26.9 Å². The molecular weight excluding hydrogens is 420 g/mol. The molecule has 5 rings (SSSR count). The third kappa shape index (κ3) is 4.15. The van der Waals surface area contributed by atoms with Crippen LogP contribution in [-0.2, 0) is 13.1 Å². The molecule has 2 aromatic carbocycles. The summed E-state index contributed by atoms with van der Waals surface area (Å²) < 4.78 is 23.7. The van der Waals surface area contributed by atoms with Crippen molar-refractivity contribution in [1.82, 2.24) is 9.88 Å². The van der Waals surface area contributed by atoms with E-state index < -0.39 is 0 Å². The van der Waals surface area contributed by atoms with Gasteiger partial charge in [0.15, 0.2) is 11.5 Å². The Morgan fingerprint density at radius 2 is 1.94 bits per heavy atom. The summed E-state index contributed by atoms with van der Waals surface area (Å²) in [4.78, 5) is 19.7. The first-order chi connectivity index (χ1) is 16.1. The summed E-state index contributed by atoms with van der Waals surface area (Å²) in [6, 6.07) is 14.8. The van der Waals surface area contributed by atoms with Gasteiger partial charge in [0.1, 0.15) is 23.8 Å². The lowest BCUT2D eigenvalue weighted by Crippen LogP contribution is -2.31. The summed E-state index contributed by atoms with van der Waals surface area (Å²) in [7, 11) is 0. The Morgan fingerprint density at radius 3 is 2.73 bits per heavy atom. The third-order valence-corrected chi connectivity index (χ3v) is 5.52. The summed E-state index contributed by atoms with van der Waals surface area (Å²) in [5.41, 5.74) is 2.23. The van der Waals surface area contributed by atoms with E-state index in [4.69, 9.17) is 18.6 Å². The van der Waals surface area contributed by atoms with Crippen LogP contribution in [0.1, 0.15) is 23.8 Å². The fourth-order valence-corrected chi connectivity index (χ4v) is 3.99. The van der Waals surface area contributed by atoms with E-state index in [0.717, 1.165) is 16.9 Å². The number of hydrogen-bond acceptors (Lipinski definition) is 7. The van der Waals surface area contributed by atoms with Crippen LogP contribution in [0.2, 0.25) is 0 Å². The van der Waals surface area contributed by atoms with E-state index in [0.29, 0.717) is 54.7 Å². The minimum Gasteiger partial charge on any atom is -0.490 e. The molecule has 0 bridgehead atoms. The Kier molecular flexibility index (Phi) is 5.71. The largest absolute Gasteiger partial charge is 0.490 e. The fraction of sp³-hybridized carbons (Fsp3) is 0.231. The number of fused-ring (bicyclic) bond motifs is 3. The molecule has 0 saturated carbocycles. The van der Waals surface area contributed by atoms with Crippen molar-refractivity contribution in [3.63, 3.8) is 0 Å². The van der Waals surface area contributed by atoms with Crippen molar-refractivity contribution >= 4 is 11.0 Å². The van der Waals surface area contributed by atoms with E-state index in [1.807, 2.05) is 43.5 Å². The van der Waals surface area contributed by atoms with Crippen LogP contribution in [0.25, 0.3) is 11.0 Å². The Balaban J connectivity index is 1.51. The molecule has 4 aromatic rings. The number of nitrogens with zero attached hydrogens (tertiary/aromatic N) is 2. The second-order valence-corrected chi connectivity index (χ2v) is 7.84. The van der Waals surface area contributed by atoms with Crippen molar-refractivity contribution in [3.05, 3.63) is 88.0 Å². The molecule has 0 aliphatic carbocycles. The maximum atomic E-state index is 13.4. The molecule has 1 aliphatic rings. The molecule has 0 N–H and O–H groups in total. The zero-order valence-corrected chi connectivity index (χ0v) is 18.5. The van der Waals surface area contributed by atoms with Crippen LogP contribution in [0.5, 0.6) is 23.0 Å². The van der Waals surface area contributed by atoms with Crippen LogP contribution < -0.4 is 19.6 Å². The highest BCUT2D eigenvalue weighted by Gasteiger charge is 2.24. The van der Waals surface area contributed by atoms with Gasteiger partial charge in [-0.05, 0) is 49.7 Å². The fourth-order valence-electron chi connectivity index (χ4n) is 3.99. The Morgan fingerprint density at radius 1 is 1.09 bits per heavy atom. The molecule has 2 aromatic heterocycles. The number of ether oxygens (including phenoxy) is 3. The van der Waals surface area contributed by atoms with E-state index in [1.165, 1.54) is 0 Å². The second-order valence-electron chi connectivity index (χ2n) is 7.84. The van der Waals surface area contributed by atoms with Crippen LogP contribution >= 0.6 is 0 Å². The number of benzene rings is 2. The molecule has 7 nitrogen and oxygen atoms in total. The Labute approximate surface area is 191 Å². The van der Waals surface area contributed by atoms with Crippen molar-refractivity contribution in [1.29, 1.82) is 0 Å². The molecule has 0 amide bonds. The molecule has 7 heteroatoms. The lowest BCUT2D eigenvalue weighted by Gasteiger charge is -2.29. The predicted molar refractivity (Wildman–Crippen MR) is 124 cm³/mol. The smallest absolute Gasteiger partial charge is 0.235 e. The number of hydrogen-bond donors (Lipinski definition) is 0. The van der Waals surface area contributed by atoms with Crippen molar-refractivity contribution in [2.24, 2.45) is 0 Å². The van der Waals surface area contributed by atoms with Crippen molar-refractivity contribution in [3.8, 4) is 23.0 Å². The lowest BCUT2D eigenvalue weighted by molar-refractivity contribution is 0.0889. The van der Waals surface area contributed by atoms with Crippen LogP contribution in [0.4, 0.5) is 0 Å². The SMILES string of the molecule is CCOc1ccccc1Oc1c(C)oc2c3c(ccc2c1=O)OCN(Cc1cccnc1)C3. The van der Waals surface area contributed by atoms with Gasteiger partial charge >= 0.3 is 0 Å². The number of rotatable bonds is 6. The Bertz CT molecular complexity index is 1350. The summed E-state index contributed by atoms with van der Waals surface area (Å²) in [5, 5.41) is 0.454. The van der Waals surface area contributed by atoms with Crippen molar-refractivity contribution < 1.29 is 18.6 Å². The quantitative estimate of drug-likeness (QED) is 0.412. The number of aryl methyl sites for hydroxylation is 1. The van der Waals surface area contributed by atoms with Crippen LogP contribution in [0.3, 0.4) is 0 Å². The highest BCUT2D eigenvalue weighted by atomic mass is 16.5.